The molecule has 0 aliphatic carbocycles. The van der Waals surface area contributed by atoms with Crippen molar-refractivity contribution >= 4 is 5.84 Å². The minimum absolute atomic E-state index is 0.236. The third-order valence-corrected chi connectivity index (χ3v) is 1.91. The number of likely N-dealkylation sites (N-methyl/N-ethyl adjacent to an activating group) is 1. The molecule has 13 heavy (non-hydrogen) atoms. The molecule has 0 aliphatic rings. The molecule has 0 heterocycles. The van der Waals surface area contributed by atoms with Crippen LogP contribution in [0.15, 0.2) is 0 Å². The minimum Gasteiger partial charge on any atom is -0.358 e. The van der Waals surface area contributed by atoms with Crippen molar-refractivity contribution in [2.75, 3.05) is 27.8 Å². The summed E-state index contributed by atoms with van der Waals surface area (Å²) in [5.41, 5.74) is 0. The van der Waals surface area contributed by atoms with E-state index >= 15 is 0 Å². The van der Waals surface area contributed by atoms with Crippen LogP contribution >= 0.6 is 0 Å². The molecule has 0 saturated carbocycles. The predicted octanol–water partition coefficient (Wildman–Crippen LogP) is 1.17. The van der Waals surface area contributed by atoms with Crippen molar-refractivity contribution in [3.05, 3.63) is 0 Å². The second-order valence-electron chi connectivity index (χ2n) is 3.32. The average molecular weight is 188 g/mol. The number of nitrogens with zero attached hydrogens (tertiary/aromatic N) is 1. The molecule has 0 aliphatic heterocycles. The highest BCUT2D eigenvalue weighted by molar-refractivity contribution is 5.80. The predicted molar refractivity (Wildman–Crippen MR) is 53.0 cm³/mol. The van der Waals surface area contributed by atoms with E-state index in [1.807, 2.05) is 25.8 Å². The van der Waals surface area contributed by atoms with Gasteiger partial charge in [0, 0.05) is 27.2 Å². The first-order valence-electron chi connectivity index (χ1n) is 4.38. The average Bonchev–Trinajstić information content (AvgIpc) is 2.12. The van der Waals surface area contributed by atoms with Gasteiger partial charge in [0.25, 0.3) is 0 Å². The van der Waals surface area contributed by atoms with Gasteiger partial charge in [0.2, 0.25) is 0 Å². The molecule has 0 amide bonds. The summed E-state index contributed by atoms with van der Waals surface area (Å²) in [5.74, 6) is 0.832. The van der Waals surface area contributed by atoms with Gasteiger partial charge in [0.15, 0.2) is 6.29 Å². The quantitative estimate of drug-likeness (QED) is 0.400. The van der Waals surface area contributed by atoms with Crippen LogP contribution in [0.1, 0.15) is 13.8 Å². The standard InChI is InChI=1S/C9H20N2O2/c1-7(2)9(10)11(3)6-8(12-4)13-5/h7-8,10H,6H2,1-5H3. The Morgan fingerprint density at radius 1 is 1.31 bits per heavy atom. The van der Waals surface area contributed by atoms with Crippen molar-refractivity contribution in [2.45, 2.75) is 20.1 Å². The first-order chi connectivity index (χ1) is 6.02. The number of amidine groups is 1. The van der Waals surface area contributed by atoms with E-state index in [2.05, 4.69) is 0 Å². The number of methoxy groups -OCH3 is 2. The normalized spacial score (nSPS) is 11.0. The molecule has 78 valence electrons. The van der Waals surface area contributed by atoms with E-state index in [9.17, 15) is 0 Å². The van der Waals surface area contributed by atoms with Crippen LogP contribution in [0.25, 0.3) is 0 Å². The zero-order valence-electron chi connectivity index (χ0n) is 9.13. The van der Waals surface area contributed by atoms with Gasteiger partial charge in [-0.1, -0.05) is 13.8 Å². The molecule has 0 spiro atoms. The summed E-state index contributed by atoms with van der Waals surface area (Å²) < 4.78 is 10.1. The molecule has 0 aromatic heterocycles. The Labute approximate surface area is 80.3 Å². The molecule has 0 aromatic carbocycles. The molecule has 0 fully saturated rings. The Morgan fingerprint density at radius 2 is 1.77 bits per heavy atom. The molecule has 0 unspecified atom stereocenters. The Bertz CT molecular complexity index is 156. The number of hydrogen-bond donors (Lipinski definition) is 1. The van der Waals surface area contributed by atoms with Gasteiger partial charge in [-0.2, -0.15) is 0 Å². The van der Waals surface area contributed by atoms with E-state index in [0.717, 1.165) is 0 Å². The second-order valence-corrected chi connectivity index (χ2v) is 3.32. The molecule has 1 N–H and O–H groups in total. The number of rotatable bonds is 5. The second kappa shape index (κ2) is 5.94. The van der Waals surface area contributed by atoms with Crippen LogP contribution < -0.4 is 0 Å². The van der Waals surface area contributed by atoms with Crippen molar-refractivity contribution in [2.24, 2.45) is 5.92 Å². The first-order valence-corrected chi connectivity index (χ1v) is 4.38. The fourth-order valence-corrected chi connectivity index (χ4v) is 1.01. The van der Waals surface area contributed by atoms with Crippen LogP contribution in [0.2, 0.25) is 0 Å². The van der Waals surface area contributed by atoms with Crippen LogP contribution in [0.4, 0.5) is 0 Å². The molecule has 0 radical (unpaired) electrons. The molecular weight excluding hydrogens is 168 g/mol. The molecule has 0 aromatic rings. The number of nitrogens with one attached hydrogen (secondary N) is 1. The van der Waals surface area contributed by atoms with Crippen LogP contribution in [0.3, 0.4) is 0 Å². The van der Waals surface area contributed by atoms with E-state index in [0.29, 0.717) is 12.4 Å². The maximum absolute atomic E-state index is 7.71. The fourth-order valence-electron chi connectivity index (χ4n) is 1.01. The Morgan fingerprint density at radius 3 is 2.08 bits per heavy atom. The lowest BCUT2D eigenvalue weighted by Gasteiger charge is -2.25. The summed E-state index contributed by atoms with van der Waals surface area (Å²) in [4.78, 5) is 1.84. The van der Waals surface area contributed by atoms with Gasteiger partial charge in [0.1, 0.15) is 0 Å². The van der Waals surface area contributed by atoms with Crippen LogP contribution in [-0.4, -0.2) is 44.8 Å². The zero-order valence-corrected chi connectivity index (χ0v) is 9.13. The molecular formula is C9H20N2O2. The number of hydrogen-bond acceptors (Lipinski definition) is 3. The van der Waals surface area contributed by atoms with Crippen LogP contribution in [0.5, 0.6) is 0 Å². The summed E-state index contributed by atoms with van der Waals surface area (Å²) >= 11 is 0. The van der Waals surface area contributed by atoms with E-state index in [4.69, 9.17) is 14.9 Å². The Hall–Kier alpha value is -0.610. The van der Waals surface area contributed by atoms with Crippen LogP contribution in [0, 0.1) is 11.3 Å². The summed E-state index contributed by atoms with van der Waals surface area (Å²) in [6.45, 7) is 4.57. The third-order valence-electron chi connectivity index (χ3n) is 1.91. The number of ether oxygens (including phenoxy) is 2. The fraction of sp³-hybridized carbons (Fsp3) is 0.889. The summed E-state index contributed by atoms with van der Waals surface area (Å²) in [6.07, 6.45) is -0.260. The van der Waals surface area contributed by atoms with Gasteiger partial charge >= 0.3 is 0 Å². The SMILES string of the molecule is COC(CN(C)C(=N)C(C)C)OC. The lowest BCUT2D eigenvalue weighted by atomic mass is 10.2. The highest BCUT2D eigenvalue weighted by atomic mass is 16.7. The van der Waals surface area contributed by atoms with Crippen LogP contribution in [-0.2, 0) is 9.47 Å². The molecule has 0 saturated heterocycles. The van der Waals surface area contributed by atoms with E-state index in [1.54, 1.807) is 14.2 Å². The van der Waals surface area contributed by atoms with Crippen molar-refractivity contribution in [3.8, 4) is 0 Å². The maximum atomic E-state index is 7.71. The largest absolute Gasteiger partial charge is 0.358 e. The lowest BCUT2D eigenvalue weighted by molar-refractivity contribution is -0.108. The monoisotopic (exact) mass is 188 g/mol. The van der Waals surface area contributed by atoms with E-state index in [1.165, 1.54) is 0 Å². The summed E-state index contributed by atoms with van der Waals surface area (Å²) in [5, 5.41) is 7.71. The maximum Gasteiger partial charge on any atom is 0.174 e. The van der Waals surface area contributed by atoms with Gasteiger partial charge in [0.05, 0.1) is 12.4 Å². The zero-order chi connectivity index (χ0) is 10.4. The third kappa shape index (κ3) is 4.24. The van der Waals surface area contributed by atoms with Gasteiger partial charge in [-0.15, -0.1) is 0 Å². The summed E-state index contributed by atoms with van der Waals surface area (Å²) in [7, 11) is 5.06. The van der Waals surface area contributed by atoms with Gasteiger partial charge < -0.3 is 14.4 Å². The van der Waals surface area contributed by atoms with Gasteiger partial charge in [-0.3, -0.25) is 5.41 Å². The van der Waals surface area contributed by atoms with E-state index < -0.39 is 0 Å². The molecule has 0 atom stereocenters. The molecule has 0 bridgehead atoms. The molecule has 4 heteroatoms. The van der Waals surface area contributed by atoms with Crippen molar-refractivity contribution in [1.29, 1.82) is 5.41 Å². The smallest absolute Gasteiger partial charge is 0.174 e. The van der Waals surface area contributed by atoms with Crippen molar-refractivity contribution in [3.63, 3.8) is 0 Å². The highest BCUT2D eigenvalue weighted by Gasteiger charge is 2.13. The highest BCUT2D eigenvalue weighted by Crippen LogP contribution is 2.02. The topological polar surface area (TPSA) is 45.5 Å². The lowest BCUT2D eigenvalue weighted by Crippen LogP contribution is -2.37. The van der Waals surface area contributed by atoms with Gasteiger partial charge in [-0.25, -0.2) is 0 Å². The summed E-state index contributed by atoms with van der Waals surface area (Å²) in [6, 6.07) is 0. The first kappa shape index (κ1) is 12.4. The van der Waals surface area contributed by atoms with Crippen molar-refractivity contribution < 1.29 is 9.47 Å². The molecule has 4 nitrogen and oxygen atoms in total. The van der Waals surface area contributed by atoms with Crippen molar-refractivity contribution in [1.82, 2.24) is 4.90 Å². The Kier molecular flexibility index (Phi) is 5.66. The Balaban J connectivity index is 3.97. The van der Waals surface area contributed by atoms with Gasteiger partial charge in [-0.05, 0) is 0 Å². The minimum atomic E-state index is -0.260. The van der Waals surface area contributed by atoms with E-state index in [-0.39, 0.29) is 12.2 Å². The molecule has 0 rings (SSSR count).